The smallest absolute Gasteiger partial charge is 0.123 e. The van der Waals surface area contributed by atoms with Crippen molar-refractivity contribution in [2.24, 2.45) is 5.92 Å². The van der Waals surface area contributed by atoms with Crippen LogP contribution in [0.1, 0.15) is 24.8 Å². The van der Waals surface area contributed by atoms with Gasteiger partial charge in [-0.05, 0) is 62.4 Å². The molecule has 0 bridgehead atoms. The highest BCUT2D eigenvalue weighted by Crippen LogP contribution is 2.22. The Morgan fingerprint density at radius 1 is 1.28 bits per heavy atom. The van der Waals surface area contributed by atoms with E-state index in [2.05, 4.69) is 4.90 Å². The molecule has 1 N–H and O–H groups in total. The molecule has 0 amide bonds. The Balaban J connectivity index is 1.76. The van der Waals surface area contributed by atoms with Gasteiger partial charge >= 0.3 is 0 Å². The Morgan fingerprint density at radius 2 is 2.06 bits per heavy atom. The third-order valence-corrected chi connectivity index (χ3v) is 3.75. The number of rotatable bonds is 5. The van der Waals surface area contributed by atoms with Crippen LogP contribution in [-0.4, -0.2) is 36.2 Å². The lowest BCUT2D eigenvalue weighted by Gasteiger charge is -2.31. The summed E-state index contributed by atoms with van der Waals surface area (Å²) < 4.78 is 13.1. The molecule has 1 aliphatic rings. The number of hydrogen-bond acceptors (Lipinski definition) is 2. The Bertz CT molecular complexity index is 361. The van der Waals surface area contributed by atoms with E-state index in [0.29, 0.717) is 5.92 Å². The molecule has 1 heterocycles. The third kappa shape index (κ3) is 4.07. The zero-order valence-corrected chi connectivity index (χ0v) is 10.8. The molecule has 0 aliphatic carbocycles. The first kappa shape index (κ1) is 13.5. The number of piperidine rings is 1. The summed E-state index contributed by atoms with van der Waals surface area (Å²) in [5, 5.41) is 8.81. The van der Waals surface area contributed by atoms with E-state index in [1.807, 2.05) is 6.07 Å². The lowest BCUT2D eigenvalue weighted by molar-refractivity contribution is 0.167. The van der Waals surface area contributed by atoms with E-state index in [4.69, 9.17) is 5.11 Å². The van der Waals surface area contributed by atoms with Gasteiger partial charge in [-0.25, -0.2) is 4.39 Å². The van der Waals surface area contributed by atoms with Crippen molar-refractivity contribution in [1.82, 2.24) is 4.90 Å². The fourth-order valence-corrected chi connectivity index (χ4v) is 2.71. The van der Waals surface area contributed by atoms with E-state index in [1.165, 1.54) is 18.9 Å². The lowest BCUT2D eigenvalue weighted by atomic mass is 9.90. The number of benzene rings is 1. The first-order valence-electron chi connectivity index (χ1n) is 6.85. The number of nitrogens with zero attached hydrogens (tertiary/aromatic N) is 1. The van der Waals surface area contributed by atoms with Crippen LogP contribution >= 0.6 is 0 Å². The van der Waals surface area contributed by atoms with Crippen LogP contribution in [0.2, 0.25) is 0 Å². The van der Waals surface area contributed by atoms with E-state index < -0.39 is 0 Å². The first-order valence-corrected chi connectivity index (χ1v) is 6.85. The number of aliphatic hydroxyl groups is 1. The predicted octanol–water partition coefficient (Wildman–Crippen LogP) is 2.46. The van der Waals surface area contributed by atoms with Gasteiger partial charge < -0.3 is 10.0 Å². The maximum Gasteiger partial charge on any atom is 0.123 e. The van der Waals surface area contributed by atoms with Crippen molar-refractivity contribution in [3.05, 3.63) is 35.6 Å². The van der Waals surface area contributed by atoms with E-state index >= 15 is 0 Å². The Labute approximate surface area is 108 Å². The molecule has 1 aliphatic heterocycles. The molecular weight excluding hydrogens is 229 g/mol. The minimum absolute atomic E-state index is 0.132. The highest BCUT2D eigenvalue weighted by atomic mass is 19.1. The van der Waals surface area contributed by atoms with Crippen LogP contribution in [0.4, 0.5) is 4.39 Å². The standard InChI is InChI=1S/C15H22FNO/c16-15-4-1-3-14(12-15)11-13-5-8-17(9-6-13)7-2-10-18/h1,3-4,12-13,18H,2,5-11H2. The maximum absolute atomic E-state index is 13.1. The van der Waals surface area contributed by atoms with Crippen LogP contribution in [0, 0.1) is 11.7 Å². The SMILES string of the molecule is OCCCN1CCC(Cc2cccc(F)c2)CC1. The van der Waals surface area contributed by atoms with Crippen molar-refractivity contribution in [2.45, 2.75) is 25.7 Å². The van der Waals surface area contributed by atoms with Gasteiger partial charge in [0, 0.05) is 13.2 Å². The van der Waals surface area contributed by atoms with Crippen LogP contribution in [0.3, 0.4) is 0 Å². The van der Waals surface area contributed by atoms with Crippen LogP contribution in [0.15, 0.2) is 24.3 Å². The molecular formula is C15H22FNO. The second-order valence-electron chi connectivity index (χ2n) is 5.20. The molecule has 0 radical (unpaired) electrons. The minimum atomic E-state index is -0.132. The molecule has 0 spiro atoms. The molecule has 2 rings (SSSR count). The van der Waals surface area contributed by atoms with Gasteiger partial charge in [0.25, 0.3) is 0 Å². The van der Waals surface area contributed by atoms with Crippen LogP contribution < -0.4 is 0 Å². The van der Waals surface area contributed by atoms with Gasteiger partial charge in [-0.1, -0.05) is 12.1 Å². The van der Waals surface area contributed by atoms with Crippen molar-refractivity contribution in [3.63, 3.8) is 0 Å². The zero-order valence-electron chi connectivity index (χ0n) is 10.8. The minimum Gasteiger partial charge on any atom is -0.396 e. The highest BCUT2D eigenvalue weighted by molar-refractivity contribution is 5.16. The van der Waals surface area contributed by atoms with E-state index in [-0.39, 0.29) is 12.4 Å². The number of aliphatic hydroxyl groups excluding tert-OH is 1. The van der Waals surface area contributed by atoms with Gasteiger partial charge in [0.05, 0.1) is 0 Å². The summed E-state index contributed by atoms with van der Waals surface area (Å²) in [6, 6.07) is 6.96. The topological polar surface area (TPSA) is 23.5 Å². The summed E-state index contributed by atoms with van der Waals surface area (Å²) in [6.07, 6.45) is 4.23. The normalized spacial score (nSPS) is 18.1. The molecule has 0 aromatic heterocycles. The Morgan fingerprint density at radius 3 is 2.72 bits per heavy atom. The summed E-state index contributed by atoms with van der Waals surface area (Å²) in [5.74, 6) is 0.546. The molecule has 100 valence electrons. The van der Waals surface area contributed by atoms with Gasteiger partial charge in [0.15, 0.2) is 0 Å². The average molecular weight is 251 g/mol. The molecule has 1 fully saturated rings. The Kier molecular flexibility index (Phi) is 5.14. The molecule has 2 nitrogen and oxygen atoms in total. The van der Waals surface area contributed by atoms with Gasteiger partial charge in [-0.3, -0.25) is 0 Å². The third-order valence-electron chi connectivity index (χ3n) is 3.75. The fourth-order valence-electron chi connectivity index (χ4n) is 2.71. The molecule has 0 atom stereocenters. The quantitative estimate of drug-likeness (QED) is 0.869. The maximum atomic E-state index is 13.1. The Hall–Kier alpha value is -0.930. The lowest BCUT2D eigenvalue weighted by Crippen LogP contribution is -2.35. The van der Waals surface area contributed by atoms with Crippen molar-refractivity contribution >= 4 is 0 Å². The van der Waals surface area contributed by atoms with Crippen LogP contribution in [-0.2, 0) is 6.42 Å². The van der Waals surface area contributed by atoms with Gasteiger partial charge in [0.1, 0.15) is 5.82 Å². The molecule has 0 saturated carbocycles. The van der Waals surface area contributed by atoms with Gasteiger partial charge in [0.2, 0.25) is 0 Å². The molecule has 18 heavy (non-hydrogen) atoms. The van der Waals surface area contributed by atoms with E-state index in [1.54, 1.807) is 12.1 Å². The first-order chi connectivity index (χ1) is 8.78. The molecule has 1 saturated heterocycles. The summed E-state index contributed by atoms with van der Waals surface area (Å²) in [7, 11) is 0. The summed E-state index contributed by atoms with van der Waals surface area (Å²) in [5.41, 5.74) is 1.11. The van der Waals surface area contributed by atoms with E-state index in [9.17, 15) is 4.39 Å². The molecule has 1 aromatic rings. The molecule has 3 heteroatoms. The summed E-state index contributed by atoms with van der Waals surface area (Å²) in [4.78, 5) is 2.41. The van der Waals surface area contributed by atoms with Crippen LogP contribution in [0.25, 0.3) is 0 Å². The largest absolute Gasteiger partial charge is 0.396 e. The fraction of sp³-hybridized carbons (Fsp3) is 0.600. The van der Waals surface area contributed by atoms with Crippen molar-refractivity contribution in [1.29, 1.82) is 0 Å². The number of halogens is 1. The van der Waals surface area contributed by atoms with E-state index in [0.717, 1.165) is 38.0 Å². The monoisotopic (exact) mass is 251 g/mol. The number of hydrogen-bond donors (Lipinski definition) is 1. The van der Waals surface area contributed by atoms with Gasteiger partial charge in [-0.15, -0.1) is 0 Å². The zero-order chi connectivity index (χ0) is 12.8. The van der Waals surface area contributed by atoms with Crippen molar-refractivity contribution < 1.29 is 9.50 Å². The van der Waals surface area contributed by atoms with Gasteiger partial charge in [-0.2, -0.15) is 0 Å². The summed E-state index contributed by atoms with van der Waals surface area (Å²) in [6.45, 7) is 3.51. The van der Waals surface area contributed by atoms with Crippen molar-refractivity contribution in [2.75, 3.05) is 26.2 Å². The second kappa shape index (κ2) is 6.86. The highest BCUT2D eigenvalue weighted by Gasteiger charge is 2.18. The molecule has 0 unspecified atom stereocenters. The predicted molar refractivity (Wildman–Crippen MR) is 71.0 cm³/mol. The number of likely N-dealkylation sites (tertiary alicyclic amines) is 1. The second-order valence-corrected chi connectivity index (χ2v) is 5.20. The average Bonchev–Trinajstić information content (AvgIpc) is 2.38. The van der Waals surface area contributed by atoms with Crippen molar-refractivity contribution in [3.8, 4) is 0 Å². The summed E-state index contributed by atoms with van der Waals surface area (Å²) >= 11 is 0. The van der Waals surface area contributed by atoms with Crippen LogP contribution in [0.5, 0.6) is 0 Å². The molecule has 1 aromatic carbocycles.